The van der Waals surface area contributed by atoms with E-state index >= 15 is 0 Å². The van der Waals surface area contributed by atoms with Gasteiger partial charge in [0.05, 0.1) is 22.3 Å². The predicted molar refractivity (Wildman–Crippen MR) is 67.1 cm³/mol. The van der Waals surface area contributed by atoms with Crippen molar-refractivity contribution >= 4 is 33.3 Å². The molecule has 0 fully saturated rings. The van der Waals surface area contributed by atoms with Crippen LogP contribution in [-0.2, 0) is 6.54 Å². The van der Waals surface area contributed by atoms with Crippen molar-refractivity contribution in [1.29, 1.82) is 0 Å². The second-order valence-electron chi connectivity index (χ2n) is 3.50. The van der Waals surface area contributed by atoms with Crippen molar-refractivity contribution in [2.45, 2.75) is 6.54 Å². The van der Waals surface area contributed by atoms with E-state index in [9.17, 15) is 14.5 Å². The van der Waals surface area contributed by atoms with E-state index in [2.05, 4.69) is 21.0 Å². The van der Waals surface area contributed by atoms with E-state index in [1.807, 2.05) is 0 Å². The quantitative estimate of drug-likeness (QED) is 0.638. The first-order valence-corrected chi connectivity index (χ1v) is 5.95. The van der Waals surface area contributed by atoms with Crippen LogP contribution in [0.25, 0.3) is 0 Å². The Kier molecular flexibility index (Phi) is 3.63. The van der Waals surface area contributed by atoms with Crippen molar-refractivity contribution in [3.8, 4) is 0 Å². The molecule has 94 valence electrons. The molecule has 1 aromatic carbocycles. The molecule has 0 spiro atoms. The molecule has 8 heteroatoms. The average Bonchev–Trinajstić information content (AvgIpc) is 2.65. The van der Waals surface area contributed by atoms with E-state index in [4.69, 9.17) is 11.6 Å². The molecule has 0 aliphatic heterocycles. The van der Waals surface area contributed by atoms with Crippen LogP contribution >= 0.6 is 27.5 Å². The fraction of sp³-hybridized carbons (Fsp3) is 0.100. The lowest BCUT2D eigenvalue weighted by Gasteiger charge is -2.00. The van der Waals surface area contributed by atoms with Crippen LogP contribution < -0.4 is 0 Å². The molecule has 0 unspecified atom stereocenters. The summed E-state index contributed by atoms with van der Waals surface area (Å²) in [5, 5.41) is 14.3. The molecular weight excluding hydrogens is 328 g/mol. The largest absolute Gasteiger partial charge is 0.408 e. The molecule has 0 saturated carbocycles. The van der Waals surface area contributed by atoms with Gasteiger partial charge in [-0.3, -0.25) is 0 Å². The van der Waals surface area contributed by atoms with Crippen LogP contribution in [-0.4, -0.2) is 14.7 Å². The van der Waals surface area contributed by atoms with Gasteiger partial charge in [-0.1, -0.05) is 17.7 Å². The first-order chi connectivity index (χ1) is 8.47. The standard InChI is InChI=1S/C10H6BrClFN3O2/c11-7-3-6(1-2-9(7)13)4-15-5-8(12)10(14-15)16(17)18/h1-3,5H,4H2. The molecule has 18 heavy (non-hydrogen) atoms. The van der Waals surface area contributed by atoms with Gasteiger partial charge in [-0.2, -0.15) is 4.68 Å². The maximum Gasteiger partial charge on any atom is 0.408 e. The highest BCUT2D eigenvalue weighted by Crippen LogP contribution is 2.23. The molecular formula is C10H6BrClFN3O2. The molecule has 2 aromatic rings. The Balaban J connectivity index is 2.26. The van der Waals surface area contributed by atoms with Gasteiger partial charge in [0.1, 0.15) is 5.82 Å². The highest BCUT2D eigenvalue weighted by Gasteiger charge is 2.19. The zero-order chi connectivity index (χ0) is 13.3. The van der Waals surface area contributed by atoms with Gasteiger partial charge in [0.15, 0.2) is 5.02 Å². The Hall–Kier alpha value is -1.47. The number of hydrogen-bond acceptors (Lipinski definition) is 3. The van der Waals surface area contributed by atoms with Crippen LogP contribution in [0, 0.1) is 15.9 Å². The summed E-state index contributed by atoms with van der Waals surface area (Å²) < 4.78 is 14.7. The third-order valence-electron chi connectivity index (χ3n) is 2.20. The molecule has 0 N–H and O–H groups in total. The number of hydrogen-bond donors (Lipinski definition) is 0. The van der Waals surface area contributed by atoms with Crippen molar-refractivity contribution in [2.75, 3.05) is 0 Å². The molecule has 0 atom stereocenters. The summed E-state index contributed by atoms with van der Waals surface area (Å²) in [6.07, 6.45) is 1.36. The van der Waals surface area contributed by atoms with Gasteiger partial charge >= 0.3 is 5.82 Å². The summed E-state index contributed by atoms with van der Waals surface area (Å²) in [6.45, 7) is 0.270. The minimum atomic E-state index is -0.653. The van der Waals surface area contributed by atoms with E-state index in [0.717, 1.165) is 5.56 Å². The lowest BCUT2D eigenvalue weighted by atomic mass is 10.2. The maximum absolute atomic E-state index is 13.0. The third-order valence-corrected chi connectivity index (χ3v) is 3.07. The fourth-order valence-electron chi connectivity index (χ4n) is 1.42. The Morgan fingerprint density at radius 1 is 1.56 bits per heavy atom. The third kappa shape index (κ3) is 2.68. The second kappa shape index (κ2) is 5.03. The van der Waals surface area contributed by atoms with Crippen molar-refractivity contribution in [1.82, 2.24) is 9.78 Å². The SMILES string of the molecule is O=[N+]([O-])c1nn(Cc2ccc(F)c(Br)c2)cc1Cl. The molecule has 0 radical (unpaired) electrons. The van der Waals surface area contributed by atoms with Crippen molar-refractivity contribution < 1.29 is 9.31 Å². The van der Waals surface area contributed by atoms with E-state index in [0.29, 0.717) is 4.47 Å². The summed E-state index contributed by atoms with van der Waals surface area (Å²) in [7, 11) is 0. The van der Waals surface area contributed by atoms with Crippen LogP contribution in [0.5, 0.6) is 0 Å². The minimum Gasteiger partial charge on any atom is -0.358 e. The zero-order valence-corrected chi connectivity index (χ0v) is 11.2. The molecule has 1 heterocycles. The van der Waals surface area contributed by atoms with Gasteiger partial charge in [0.25, 0.3) is 0 Å². The smallest absolute Gasteiger partial charge is 0.358 e. The number of aromatic nitrogens is 2. The van der Waals surface area contributed by atoms with Crippen LogP contribution in [0.3, 0.4) is 0 Å². The number of nitro groups is 1. The van der Waals surface area contributed by atoms with Crippen molar-refractivity contribution in [3.63, 3.8) is 0 Å². The second-order valence-corrected chi connectivity index (χ2v) is 4.77. The van der Waals surface area contributed by atoms with Gasteiger partial charge in [-0.15, -0.1) is 0 Å². The molecule has 5 nitrogen and oxygen atoms in total. The van der Waals surface area contributed by atoms with Gasteiger partial charge < -0.3 is 10.1 Å². The van der Waals surface area contributed by atoms with Crippen LogP contribution in [0.2, 0.25) is 5.02 Å². The summed E-state index contributed by atoms with van der Waals surface area (Å²) in [6, 6.07) is 4.46. The summed E-state index contributed by atoms with van der Waals surface area (Å²) in [4.78, 5) is 9.92. The highest BCUT2D eigenvalue weighted by molar-refractivity contribution is 9.10. The topological polar surface area (TPSA) is 61.0 Å². The zero-order valence-electron chi connectivity index (χ0n) is 8.81. The summed E-state index contributed by atoms with van der Waals surface area (Å²) in [5.74, 6) is -0.763. The minimum absolute atomic E-state index is 0.0267. The molecule has 2 rings (SSSR count). The molecule has 1 aromatic heterocycles. The number of halogens is 3. The van der Waals surface area contributed by atoms with Crippen LogP contribution in [0.1, 0.15) is 5.56 Å². The van der Waals surface area contributed by atoms with Gasteiger partial charge in [0.2, 0.25) is 0 Å². The number of rotatable bonds is 3. The molecule has 0 aliphatic carbocycles. The van der Waals surface area contributed by atoms with E-state index in [-0.39, 0.29) is 17.4 Å². The van der Waals surface area contributed by atoms with E-state index < -0.39 is 10.7 Å². The highest BCUT2D eigenvalue weighted by atomic mass is 79.9. The summed E-state index contributed by atoms with van der Waals surface area (Å²) >= 11 is 8.73. The van der Waals surface area contributed by atoms with Gasteiger partial charge in [0, 0.05) is 0 Å². The van der Waals surface area contributed by atoms with Crippen molar-refractivity contribution in [2.24, 2.45) is 0 Å². The average molecular weight is 335 g/mol. The van der Waals surface area contributed by atoms with Crippen molar-refractivity contribution in [3.05, 3.63) is 55.4 Å². The Morgan fingerprint density at radius 3 is 2.83 bits per heavy atom. The number of nitrogens with zero attached hydrogens (tertiary/aromatic N) is 3. The first-order valence-electron chi connectivity index (χ1n) is 4.78. The van der Waals surface area contributed by atoms with Crippen LogP contribution in [0.4, 0.5) is 10.2 Å². The molecule has 0 saturated heterocycles. The normalized spacial score (nSPS) is 10.6. The fourth-order valence-corrected chi connectivity index (χ4v) is 2.06. The lowest BCUT2D eigenvalue weighted by molar-refractivity contribution is -0.389. The predicted octanol–water partition coefficient (Wildman–Crippen LogP) is 3.39. The maximum atomic E-state index is 13.0. The monoisotopic (exact) mass is 333 g/mol. The molecule has 0 aliphatic rings. The molecule has 0 amide bonds. The summed E-state index contributed by atoms with van der Waals surface area (Å²) in [5.41, 5.74) is 0.748. The molecule has 0 bridgehead atoms. The Labute approximate surface area is 114 Å². The first kappa shape index (κ1) is 13.0. The van der Waals surface area contributed by atoms with E-state index in [1.54, 1.807) is 12.1 Å². The Bertz CT molecular complexity index is 617. The van der Waals surface area contributed by atoms with E-state index in [1.165, 1.54) is 16.9 Å². The number of benzene rings is 1. The lowest BCUT2D eigenvalue weighted by Crippen LogP contribution is -2.01. The van der Waals surface area contributed by atoms with Gasteiger partial charge in [-0.25, -0.2) is 4.39 Å². The van der Waals surface area contributed by atoms with Gasteiger partial charge in [-0.05, 0) is 38.5 Å². The Morgan fingerprint density at radius 2 is 2.28 bits per heavy atom. The van der Waals surface area contributed by atoms with Crippen LogP contribution in [0.15, 0.2) is 28.9 Å².